The first-order valence-corrected chi connectivity index (χ1v) is 10.2. The van der Waals surface area contributed by atoms with Crippen molar-refractivity contribution < 1.29 is 23.9 Å². The number of benzene rings is 2. The predicted octanol–water partition coefficient (Wildman–Crippen LogP) is 2.91. The Balaban J connectivity index is 1.86. The van der Waals surface area contributed by atoms with E-state index in [4.69, 9.17) is 4.74 Å². The van der Waals surface area contributed by atoms with Crippen molar-refractivity contribution in [3.05, 3.63) is 60.7 Å². The lowest BCUT2D eigenvalue weighted by Crippen LogP contribution is -2.35. The largest absolute Gasteiger partial charge is 0.480 e. The third kappa shape index (κ3) is 4.46. The Kier molecular flexibility index (Phi) is 6.54. The van der Waals surface area contributed by atoms with E-state index in [9.17, 15) is 14.4 Å². The summed E-state index contributed by atoms with van der Waals surface area (Å²) in [4.78, 5) is 36.2. The third-order valence-corrected chi connectivity index (χ3v) is 5.40. The number of nitrogens with zero attached hydrogens (tertiary/aromatic N) is 1. The van der Waals surface area contributed by atoms with Crippen LogP contribution in [0.15, 0.2) is 48.0 Å². The zero-order valence-electron chi connectivity index (χ0n) is 14.6. The van der Waals surface area contributed by atoms with Gasteiger partial charge in [-0.1, -0.05) is 18.2 Å². The van der Waals surface area contributed by atoms with E-state index in [1.54, 1.807) is 36.4 Å². The number of hydrazine groups is 1. The van der Waals surface area contributed by atoms with Crippen LogP contribution in [0.1, 0.15) is 5.56 Å². The smallest absolute Gasteiger partial charge is 0.343 e. The van der Waals surface area contributed by atoms with Gasteiger partial charge in [0.2, 0.25) is 0 Å². The van der Waals surface area contributed by atoms with E-state index in [1.165, 1.54) is 18.2 Å². The van der Waals surface area contributed by atoms with Gasteiger partial charge in [-0.25, -0.2) is 9.80 Å². The number of amides is 2. The van der Waals surface area contributed by atoms with Gasteiger partial charge in [0.05, 0.1) is 19.9 Å². The summed E-state index contributed by atoms with van der Waals surface area (Å²) in [6.07, 6.45) is 1.54. The molecule has 0 radical (unpaired) electrons. The lowest BCUT2D eigenvalue weighted by molar-refractivity contribution is -0.143. The summed E-state index contributed by atoms with van der Waals surface area (Å²) in [7, 11) is 1.29. The predicted molar refractivity (Wildman–Crippen MR) is 119 cm³/mol. The molecule has 3 rings (SSSR count). The lowest BCUT2D eigenvalue weighted by atomic mass is 10.1. The zero-order chi connectivity index (χ0) is 20.3. The van der Waals surface area contributed by atoms with Crippen molar-refractivity contribution in [2.24, 2.45) is 0 Å². The maximum Gasteiger partial charge on any atom is 0.343 e. The number of rotatable bonds is 5. The molecule has 0 saturated carbocycles. The van der Waals surface area contributed by atoms with Crippen molar-refractivity contribution in [3.63, 3.8) is 0 Å². The molecule has 0 atom stereocenters. The van der Waals surface area contributed by atoms with E-state index in [0.29, 0.717) is 17.0 Å². The third-order valence-electron chi connectivity index (χ3n) is 3.80. The van der Waals surface area contributed by atoms with Crippen LogP contribution in [0.25, 0.3) is 6.08 Å². The molecule has 0 aliphatic carbocycles. The van der Waals surface area contributed by atoms with E-state index >= 15 is 0 Å². The van der Waals surface area contributed by atoms with E-state index in [1.807, 2.05) is 6.07 Å². The molecule has 1 N–H and O–H groups in total. The van der Waals surface area contributed by atoms with Gasteiger partial charge >= 0.3 is 5.97 Å². The summed E-state index contributed by atoms with van der Waals surface area (Å²) in [5, 5.41) is 1.22. The molecule has 2 aromatic rings. The molecule has 7 nitrogen and oxygen atoms in total. The molecule has 0 unspecified atom stereocenters. The molecule has 1 heterocycles. The molecular weight excluding hydrogens is 590 g/mol. The van der Waals surface area contributed by atoms with Crippen LogP contribution in [-0.4, -0.2) is 31.5 Å². The Morgan fingerprint density at radius 2 is 1.79 bits per heavy atom. The number of nitrogens with one attached hydrogen (secondary N) is 1. The number of hydrogen-bond donors (Lipinski definition) is 1. The minimum atomic E-state index is -0.480. The van der Waals surface area contributed by atoms with Crippen LogP contribution in [0.5, 0.6) is 5.75 Å². The highest BCUT2D eigenvalue weighted by atomic mass is 127. The van der Waals surface area contributed by atoms with Gasteiger partial charge in [0.1, 0.15) is 11.3 Å². The van der Waals surface area contributed by atoms with E-state index in [0.717, 1.165) is 7.14 Å². The van der Waals surface area contributed by atoms with Gasteiger partial charge < -0.3 is 9.47 Å². The van der Waals surface area contributed by atoms with E-state index < -0.39 is 17.8 Å². The molecule has 1 aliphatic heterocycles. The molecule has 2 aromatic carbocycles. The van der Waals surface area contributed by atoms with Gasteiger partial charge in [-0.2, -0.15) is 0 Å². The second-order valence-electron chi connectivity index (χ2n) is 5.65. The van der Waals surface area contributed by atoms with Crippen LogP contribution in [0, 0.1) is 7.14 Å². The standard InChI is InChI=1S/C19H14I2N2O5/c1-27-16(24)10-28-17-14(20)8-11(9-15(17)21)7-13-18(25)22-23(19(13)26)12-5-3-2-4-6-12/h2-9H,10H2,1H3,(H,22,25)/b13-7-. The summed E-state index contributed by atoms with van der Waals surface area (Å²) in [5.74, 6) is -0.828. The number of hydrogen-bond acceptors (Lipinski definition) is 5. The fraction of sp³-hybridized carbons (Fsp3) is 0.105. The molecule has 9 heteroatoms. The Hall–Kier alpha value is -2.15. The van der Waals surface area contributed by atoms with Gasteiger partial charge in [-0.3, -0.25) is 15.0 Å². The Morgan fingerprint density at radius 3 is 2.39 bits per heavy atom. The summed E-state index contributed by atoms with van der Waals surface area (Å²) >= 11 is 4.15. The number of carbonyl (C=O) groups excluding carboxylic acids is 3. The van der Waals surface area contributed by atoms with Crippen LogP contribution >= 0.6 is 45.2 Å². The highest BCUT2D eigenvalue weighted by Gasteiger charge is 2.34. The number of carbonyl (C=O) groups is 3. The van der Waals surface area contributed by atoms with Crippen LogP contribution in [0.2, 0.25) is 0 Å². The zero-order valence-corrected chi connectivity index (χ0v) is 18.9. The second kappa shape index (κ2) is 8.90. The molecule has 1 fully saturated rings. The first-order chi connectivity index (χ1) is 13.4. The molecule has 1 aliphatic rings. The maximum atomic E-state index is 12.7. The minimum absolute atomic E-state index is 0.0404. The summed E-state index contributed by atoms with van der Waals surface area (Å²) in [6, 6.07) is 12.4. The molecule has 2 amide bonds. The van der Waals surface area contributed by atoms with Crippen molar-refractivity contribution in [1.29, 1.82) is 0 Å². The van der Waals surface area contributed by atoms with Crippen LogP contribution in [-0.2, 0) is 19.1 Å². The average molecular weight is 604 g/mol. The molecule has 144 valence electrons. The van der Waals surface area contributed by atoms with Crippen molar-refractivity contribution >= 4 is 74.7 Å². The summed E-state index contributed by atoms with van der Waals surface area (Å²) < 4.78 is 11.6. The van der Waals surface area contributed by atoms with Gasteiger partial charge in [-0.15, -0.1) is 0 Å². The molecule has 0 aromatic heterocycles. The summed E-state index contributed by atoms with van der Waals surface area (Å²) in [6.45, 7) is -0.199. The van der Waals surface area contributed by atoms with Gasteiger partial charge in [0, 0.05) is 0 Å². The van der Waals surface area contributed by atoms with Crippen molar-refractivity contribution in [2.45, 2.75) is 0 Å². The van der Waals surface area contributed by atoms with Crippen molar-refractivity contribution in [1.82, 2.24) is 5.43 Å². The minimum Gasteiger partial charge on any atom is -0.480 e. The van der Waals surface area contributed by atoms with Crippen LogP contribution < -0.4 is 15.2 Å². The lowest BCUT2D eigenvalue weighted by Gasteiger charge is -2.14. The Bertz CT molecular complexity index is 953. The average Bonchev–Trinajstić information content (AvgIpc) is 2.96. The Labute approximate surface area is 188 Å². The number of para-hydroxylation sites is 1. The molecule has 1 saturated heterocycles. The number of ether oxygens (including phenoxy) is 2. The topological polar surface area (TPSA) is 84.9 Å². The normalized spacial score (nSPS) is 15.0. The maximum absolute atomic E-state index is 12.7. The molecule has 0 spiro atoms. The van der Waals surface area contributed by atoms with Crippen LogP contribution in [0.3, 0.4) is 0 Å². The number of halogens is 2. The van der Waals surface area contributed by atoms with Gasteiger partial charge in [0.25, 0.3) is 11.8 Å². The van der Waals surface area contributed by atoms with Crippen molar-refractivity contribution in [3.8, 4) is 5.75 Å². The van der Waals surface area contributed by atoms with E-state index in [2.05, 4.69) is 55.3 Å². The first kappa shape index (κ1) is 20.6. The number of esters is 1. The van der Waals surface area contributed by atoms with E-state index in [-0.39, 0.29) is 12.2 Å². The monoisotopic (exact) mass is 604 g/mol. The fourth-order valence-corrected chi connectivity index (χ4v) is 4.60. The molecule has 0 bridgehead atoms. The Morgan fingerprint density at radius 1 is 1.14 bits per heavy atom. The summed E-state index contributed by atoms with van der Waals surface area (Å²) in [5.41, 5.74) is 3.86. The highest BCUT2D eigenvalue weighted by Crippen LogP contribution is 2.30. The van der Waals surface area contributed by atoms with Gasteiger partial charge in [-0.05, 0) is 81.1 Å². The SMILES string of the molecule is COC(=O)COc1c(I)cc(/C=C2/C(=O)NN(c3ccccc3)C2=O)cc1I. The molecular formula is C19H14I2N2O5. The van der Waals surface area contributed by atoms with Gasteiger partial charge in [0.15, 0.2) is 6.61 Å². The number of methoxy groups -OCH3 is 1. The van der Waals surface area contributed by atoms with Crippen LogP contribution in [0.4, 0.5) is 5.69 Å². The quantitative estimate of drug-likeness (QED) is 0.246. The van der Waals surface area contributed by atoms with Crippen molar-refractivity contribution in [2.75, 3.05) is 18.7 Å². The second-order valence-corrected chi connectivity index (χ2v) is 7.98. The first-order valence-electron chi connectivity index (χ1n) is 8.01. The highest BCUT2D eigenvalue weighted by molar-refractivity contribution is 14.1. The number of anilines is 1. The molecule has 28 heavy (non-hydrogen) atoms. The fourth-order valence-electron chi connectivity index (χ4n) is 2.47.